The number of hydrogen-bond acceptors (Lipinski definition) is 2. The molecule has 0 unspecified atom stereocenters. The fourth-order valence-corrected chi connectivity index (χ4v) is 6.95. The zero-order chi connectivity index (χ0) is 35.0. The van der Waals surface area contributed by atoms with Crippen LogP contribution < -0.4 is 0 Å². The van der Waals surface area contributed by atoms with Gasteiger partial charge in [0.2, 0.25) is 0 Å². The molecule has 0 heterocycles. The predicted octanol–water partition coefficient (Wildman–Crippen LogP) is 13.2. The van der Waals surface area contributed by atoms with Crippen LogP contribution in [0.5, 0.6) is 0 Å². The fraction of sp³-hybridized carbons (Fsp3) is 0.122. The Hall–Kier alpha value is -6.08. The highest BCUT2D eigenvalue weighted by molar-refractivity contribution is 5.94. The van der Waals surface area contributed by atoms with E-state index in [-0.39, 0.29) is 5.41 Å². The highest BCUT2D eigenvalue weighted by atomic mass is 14.7. The van der Waals surface area contributed by atoms with Crippen LogP contribution in [0.25, 0.3) is 33.9 Å². The average molecular weight is 659 g/mol. The summed E-state index contributed by atoms with van der Waals surface area (Å²) in [6, 6.07) is 30.5. The van der Waals surface area contributed by atoms with Crippen molar-refractivity contribution in [2.24, 2.45) is 9.98 Å². The van der Waals surface area contributed by atoms with E-state index in [9.17, 15) is 0 Å². The van der Waals surface area contributed by atoms with Crippen LogP contribution in [0.1, 0.15) is 67.0 Å². The van der Waals surface area contributed by atoms with E-state index in [0.29, 0.717) is 0 Å². The standard InChI is InChI=1S/C49H42N2/c1-4-5-6-14-32-51-48-30-27-41(34-45(48)40-17-8-7-9-18-40)39(26-23-36-21-24-38(25-22-36)37-15-10-11-16-37)31-33-50-42-28-29-44-43-19-12-13-20-46(43)49(2,3)47(44)35-42/h4-8,10-15,17,19-35H,9,18H2,1-3H3/b5-4-,14-6-,26-23-,39-31+,50-33-,51-32+. The Kier molecular flexibility index (Phi) is 9.97. The first kappa shape index (κ1) is 33.4. The van der Waals surface area contributed by atoms with Gasteiger partial charge in [-0.1, -0.05) is 129 Å². The fourth-order valence-electron chi connectivity index (χ4n) is 6.95. The van der Waals surface area contributed by atoms with E-state index in [0.717, 1.165) is 57.6 Å². The Morgan fingerprint density at radius 2 is 1.65 bits per heavy atom. The zero-order valence-electron chi connectivity index (χ0n) is 29.6. The second-order valence-electron chi connectivity index (χ2n) is 13.4. The van der Waals surface area contributed by atoms with Crippen molar-refractivity contribution in [1.29, 1.82) is 0 Å². The monoisotopic (exact) mass is 658 g/mol. The van der Waals surface area contributed by atoms with Gasteiger partial charge in [-0.3, -0.25) is 9.98 Å². The van der Waals surface area contributed by atoms with E-state index in [4.69, 9.17) is 9.98 Å². The SMILES string of the molecule is C\C=C/C=C\C=N\c1ccc(C(/C=C\c2ccc(C3=C=CC=C3)cc2)=C/C=N\c2ccc3c(c2)C(C)(C)c2ccccc2-3)cc1C1=CC=CCC1. The number of hydrogen-bond donors (Lipinski definition) is 0. The second-order valence-corrected chi connectivity index (χ2v) is 13.4. The molecule has 0 saturated heterocycles. The molecule has 4 aromatic carbocycles. The molecule has 0 saturated carbocycles. The number of allylic oxidation sites excluding steroid dienone is 14. The first-order valence-corrected chi connectivity index (χ1v) is 17.7. The van der Waals surface area contributed by atoms with Gasteiger partial charge < -0.3 is 0 Å². The molecule has 2 heteroatoms. The van der Waals surface area contributed by atoms with Crippen molar-refractivity contribution in [3.8, 4) is 11.1 Å². The summed E-state index contributed by atoms with van der Waals surface area (Å²) in [7, 11) is 0. The molecule has 3 aliphatic rings. The summed E-state index contributed by atoms with van der Waals surface area (Å²) in [5, 5.41) is 0. The lowest BCUT2D eigenvalue weighted by atomic mass is 9.82. The third-order valence-corrected chi connectivity index (χ3v) is 9.72. The van der Waals surface area contributed by atoms with Crippen LogP contribution in [0, 0.1) is 0 Å². The molecule has 0 spiro atoms. The van der Waals surface area contributed by atoms with Crippen LogP contribution in [0.3, 0.4) is 0 Å². The highest BCUT2D eigenvalue weighted by Gasteiger charge is 2.35. The minimum absolute atomic E-state index is 0.0657. The molecule has 0 N–H and O–H groups in total. The second kappa shape index (κ2) is 15.2. The van der Waals surface area contributed by atoms with Crippen molar-refractivity contribution < 1.29 is 0 Å². The summed E-state index contributed by atoms with van der Waals surface area (Å²) in [6.45, 7) is 6.62. The summed E-state index contributed by atoms with van der Waals surface area (Å²) >= 11 is 0. The normalized spacial score (nSPS) is 16.3. The first-order valence-electron chi connectivity index (χ1n) is 17.7. The molecule has 0 radical (unpaired) electrons. The van der Waals surface area contributed by atoms with Crippen LogP contribution >= 0.6 is 0 Å². The smallest absolute Gasteiger partial charge is 0.0705 e. The number of aliphatic imine (C=N–C) groups is 2. The maximum atomic E-state index is 4.97. The number of fused-ring (bicyclic) bond motifs is 3. The van der Waals surface area contributed by atoms with Gasteiger partial charge in [-0.05, 0) is 118 Å². The third kappa shape index (κ3) is 7.43. The maximum Gasteiger partial charge on any atom is 0.0705 e. The molecule has 3 aliphatic carbocycles. The molecular weight excluding hydrogens is 617 g/mol. The molecule has 2 nitrogen and oxygen atoms in total. The Labute approximate surface area is 302 Å². The first-order chi connectivity index (χ1) is 25.0. The molecule has 4 aromatic rings. The molecule has 0 aromatic heterocycles. The summed E-state index contributed by atoms with van der Waals surface area (Å²) in [5.74, 6) is 0. The van der Waals surface area contributed by atoms with E-state index in [2.05, 4.69) is 147 Å². The number of benzene rings is 4. The van der Waals surface area contributed by atoms with E-state index < -0.39 is 0 Å². The largest absolute Gasteiger partial charge is 0.257 e. The van der Waals surface area contributed by atoms with E-state index in [1.165, 1.54) is 27.8 Å². The van der Waals surface area contributed by atoms with Gasteiger partial charge in [0.25, 0.3) is 0 Å². The molecule has 248 valence electrons. The van der Waals surface area contributed by atoms with Crippen molar-refractivity contribution in [3.63, 3.8) is 0 Å². The number of rotatable bonds is 10. The lowest BCUT2D eigenvalue weighted by Crippen LogP contribution is -2.14. The van der Waals surface area contributed by atoms with Gasteiger partial charge in [0, 0.05) is 29.0 Å². The Balaban J connectivity index is 1.25. The van der Waals surface area contributed by atoms with Crippen molar-refractivity contribution in [1.82, 2.24) is 0 Å². The Morgan fingerprint density at radius 1 is 0.784 bits per heavy atom. The summed E-state index contributed by atoms with van der Waals surface area (Å²) in [4.78, 5) is 9.83. The highest BCUT2D eigenvalue weighted by Crippen LogP contribution is 2.49. The zero-order valence-corrected chi connectivity index (χ0v) is 29.6. The van der Waals surface area contributed by atoms with Gasteiger partial charge in [0.1, 0.15) is 0 Å². The van der Waals surface area contributed by atoms with Gasteiger partial charge in [0.15, 0.2) is 0 Å². The summed E-state index contributed by atoms with van der Waals surface area (Å²) in [5.41, 5.74) is 18.5. The van der Waals surface area contributed by atoms with Gasteiger partial charge in [-0.2, -0.15) is 0 Å². The van der Waals surface area contributed by atoms with Crippen molar-refractivity contribution in [3.05, 3.63) is 197 Å². The van der Waals surface area contributed by atoms with E-state index >= 15 is 0 Å². The van der Waals surface area contributed by atoms with Crippen molar-refractivity contribution in [2.45, 2.75) is 39.0 Å². The average Bonchev–Trinajstić information content (AvgIpc) is 3.79. The number of nitrogens with zero attached hydrogens (tertiary/aromatic N) is 2. The molecule has 0 atom stereocenters. The van der Waals surface area contributed by atoms with Crippen LogP contribution in [0.2, 0.25) is 0 Å². The summed E-state index contributed by atoms with van der Waals surface area (Å²) < 4.78 is 0. The van der Waals surface area contributed by atoms with Crippen LogP contribution in [0.15, 0.2) is 174 Å². The van der Waals surface area contributed by atoms with Gasteiger partial charge in [-0.15, -0.1) is 5.73 Å². The predicted molar refractivity (Wildman–Crippen MR) is 221 cm³/mol. The van der Waals surface area contributed by atoms with Crippen LogP contribution in [-0.2, 0) is 5.41 Å². The molecule has 51 heavy (non-hydrogen) atoms. The van der Waals surface area contributed by atoms with E-state index in [1.54, 1.807) is 0 Å². The van der Waals surface area contributed by atoms with Crippen LogP contribution in [0.4, 0.5) is 11.4 Å². The molecule has 0 aliphatic heterocycles. The summed E-state index contributed by atoms with van der Waals surface area (Å²) in [6.07, 6.45) is 32.9. The Morgan fingerprint density at radius 3 is 2.45 bits per heavy atom. The molecule has 0 fully saturated rings. The Bertz CT molecular complexity index is 2300. The minimum Gasteiger partial charge on any atom is -0.257 e. The maximum absolute atomic E-state index is 4.97. The lowest BCUT2D eigenvalue weighted by Gasteiger charge is -2.21. The molecular formula is C49H42N2. The van der Waals surface area contributed by atoms with Gasteiger partial charge >= 0.3 is 0 Å². The minimum atomic E-state index is -0.0657. The quantitative estimate of drug-likeness (QED) is 0.0920. The van der Waals surface area contributed by atoms with Gasteiger partial charge in [-0.25, -0.2) is 0 Å². The van der Waals surface area contributed by atoms with Crippen LogP contribution in [-0.4, -0.2) is 12.4 Å². The molecule has 0 bridgehead atoms. The molecule has 7 rings (SSSR count). The third-order valence-electron chi connectivity index (χ3n) is 9.72. The van der Waals surface area contributed by atoms with Gasteiger partial charge in [0.05, 0.1) is 11.4 Å². The van der Waals surface area contributed by atoms with Crippen molar-refractivity contribution in [2.75, 3.05) is 0 Å². The van der Waals surface area contributed by atoms with E-state index in [1.807, 2.05) is 55.8 Å². The topological polar surface area (TPSA) is 24.7 Å². The lowest BCUT2D eigenvalue weighted by molar-refractivity contribution is 0.660. The van der Waals surface area contributed by atoms with Crippen molar-refractivity contribution >= 4 is 46.6 Å². The molecule has 0 amide bonds.